The molecule has 0 unspecified atom stereocenters. The minimum Gasteiger partial charge on any atom is -0.451 e. The molecule has 0 radical (unpaired) electrons. The minimum atomic E-state index is -0.446. The number of nitrogens with one attached hydrogen (secondary N) is 1. The predicted molar refractivity (Wildman–Crippen MR) is 106 cm³/mol. The highest BCUT2D eigenvalue weighted by Gasteiger charge is 2.12. The number of halogens is 2. The Bertz CT molecular complexity index is 1170. The van der Waals surface area contributed by atoms with Crippen LogP contribution in [0.1, 0.15) is 16.1 Å². The molecule has 0 aliphatic heterocycles. The van der Waals surface area contributed by atoms with Gasteiger partial charge < -0.3 is 4.42 Å². The van der Waals surface area contributed by atoms with E-state index in [4.69, 9.17) is 16.0 Å². The van der Waals surface area contributed by atoms with Crippen LogP contribution in [0.15, 0.2) is 68.6 Å². The second-order valence-electron chi connectivity index (χ2n) is 5.55. The van der Waals surface area contributed by atoms with Gasteiger partial charge >= 0.3 is 5.91 Å². The Balaban J connectivity index is 1.54. The van der Waals surface area contributed by atoms with Crippen LogP contribution in [0, 0.1) is 0 Å². The van der Waals surface area contributed by atoms with Crippen molar-refractivity contribution in [3.8, 4) is 0 Å². The van der Waals surface area contributed by atoms with Crippen molar-refractivity contribution in [3.63, 3.8) is 0 Å². The number of amides is 1. The zero-order valence-corrected chi connectivity index (χ0v) is 15.6. The third-order valence-corrected chi connectivity index (χ3v) is 4.57. The largest absolute Gasteiger partial charge is 0.451 e. The molecule has 0 aliphatic carbocycles. The summed E-state index contributed by atoms with van der Waals surface area (Å²) in [5.41, 5.74) is 4.47. The lowest BCUT2D eigenvalue weighted by Crippen LogP contribution is -2.16. The predicted octanol–water partition coefficient (Wildman–Crippen LogP) is 5.16. The van der Waals surface area contributed by atoms with Crippen LogP contribution < -0.4 is 5.43 Å². The number of hydrazone groups is 1. The molecular weight excluding hydrogens is 418 g/mol. The fourth-order valence-corrected chi connectivity index (χ4v) is 3.11. The number of fused-ring (bicyclic) bond motifs is 2. The molecule has 2 aromatic heterocycles. The molecule has 0 saturated carbocycles. The second-order valence-corrected chi connectivity index (χ2v) is 6.83. The maximum absolute atomic E-state index is 12.2. The maximum atomic E-state index is 12.2. The number of rotatable bonds is 3. The number of para-hydroxylation sites is 1. The van der Waals surface area contributed by atoms with Crippen molar-refractivity contribution in [2.24, 2.45) is 5.10 Å². The molecule has 4 rings (SSSR count). The zero-order valence-electron chi connectivity index (χ0n) is 13.2. The van der Waals surface area contributed by atoms with Gasteiger partial charge in [0.2, 0.25) is 0 Å². The fourth-order valence-electron chi connectivity index (χ4n) is 2.54. The first-order valence-electron chi connectivity index (χ1n) is 7.68. The molecule has 2 heterocycles. The smallest absolute Gasteiger partial charge is 0.307 e. The number of benzene rings is 2. The topological polar surface area (TPSA) is 67.5 Å². The van der Waals surface area contributed by atoms with E-state index < -0.39 is 5.91 Å². The lowest BCUT2D eigenvalue weighted by molar-refractivity contribution is 0.0929. The van der Waals surface area contributed by atoms with E-state index in [0.717, 1.165) is 20.8 Å². The lowest BCUT2D eigenvalue weighted by Gasteiger charge is -2.01. The number of hydrogen-bond donors (Lipinski definition) is 1. The maximum Gasteiger partial charge on any atom is 0.307 e. The molecule has 0 spiro atoms. The average Bonchev–Trinajstić information content (AvgIpc) is 3.05. The molecule has 26 heavy (non-hydrogen) atoms. The first-order chi connectivity index (χ1) is 12.6. The molecule has 0 saturated heterocycles. The van der Waals surface area contributed by atoms with Crippen LogP contribution >= 0.6 is 27.5 Å². The highest BCUT2D eigenvalue weighted by Crippen LogP contribution is 2.23. The number of pyridine rings is 1. The molecule has 4 aromatic rings. The van der Waals surface area contributed by atoms with Gasteiger partial charge in [-0.15, -0.1) is 0 Å². The standard InChI is InChI=1S/C19H11BrClN3O2/c20-14-5-6-16-12(8-14)9-17(26-16)19(25)24-22-10-13-7-11-3-1-2-4-15(11)23-18(13)21/h1-10H,(H,24,25)/b22-10+. The van der Waals surface area contributed by atoms with Gasteiger partial charge in [-0.2, -0.15) is 5.10 Å². The summed E-state index contributed by atoms with van der Waals surface area (Å²) < 4.78 is 6.44. The molecule has 1 amide bonds. The number of hydrogen-bond acceptors (Lipinski definition) is 4. The van der Waals surface area contributed by atoms with Gasteiger partial charge in [0, 0.05) is 20.8 Å². The number of furan rings is 1. The van der Waals surface area contributed by atoms with Gasteiger partial charge in [-0.25, -0.2) is 10.4 Å². The monoisotopic (exact) mass is 427 g/mol. The molecule has 7 heteroatoms. The van der Waals surface area contributed by atoms with Crippen molar-refractivity contribution in [1.82, 2.24) is 10.4 Å². The van der Waals surface area contributed by atoms with Gasteiger partial charge in [0.25, 0.3) is 0 Å². The van der Waals surface area contributed by atoms with Gasteiger partial charge in [0.15, 0.2) is 5.76 Å². The molecule has 0 fully saturated rings. The summed E-state index contributed by atoms with van der Waals surface area (Å²) in [6.07, 6.45) is 1.46. The van der Waals surface area contributed by atoms with Gasteiger partial charge in [-0.1, -0.05) is 45.7 Å². The number of carbonyl (C=O) groups excluding carboxylic acids is 1. The first kappa shape index (κ1) is 16.8. The second kappa shape index (κ2) is 6.90. The summed E-state index contributed by atoms with van der Waals surface area (Å²) in [7, 11) is 0. The molecule has 1 N–H and O–H groups in total. The van der Waals surface area contributed by atoms with Crippen molar-refractivity contribution in [2.75, 3.05) is 0 Å². The molecule has 0 bridgehead atoms. The van der Waals surface area contributed by atoms with E-state index in [2.05, 4.69) is 31.4 Å². The molecular formula is C19H11BrClN3O2. The van der Waals surface area contributed by atoms with E-state index >= 15 is 0 Å². The van der Waals surface area contributed by atoms with Crippen molar-refractivity contribution in [3.05, 3.63) is 75.5 Å². The van der Waals surface area contributed by atoms with Crippen molar-refractivity contribution in [2.45, 2.75) is 0 Å². The zero-order chi connectivity index (χ0) is 18.1. The van der Waals surface area contributed by atoms with Crippen LogP contribution in [-0.4, -0.2) is 17.1 Å². The minimum absolute atomic E-state index is 0.179. The van der Waals surface area contributed by atoms with Gasteiger partial charge in [0.1, 0.15) is 10.7 Å². The molecule has 2 aromatic carbocycles. The quantitative estimate of drug-likeness (QED) is 0.278. The Labute approximate surface area is 161 Å². The van der Waals surface area contributed by atoms with Crippen molar-refractivity contribution in [1.29, 1.82) is 0 Å². The van der Waals surface area contributed by atoms with Crippen LogP contribution in [0.25, 0.3) is 21.9 Å². The molecule has 5 nitrogen and oxygen atoms in total. The highest BCUT2D eigenvalue weighted by molar-refractivity contribution is 9.10. The number of aromatic nitrogens is 1. The van der Waals surface area contributed by atoms with Crippen LogP contribution in [0.3, 0.4) is 0 Å². The number of carbonyl (C=O) groups is 1. The fraction of sp³-hybridized carbons (Fsp3) is 0. The lowest BCUT2D eigenvalue weighted by atomic mass is 10.2. The Morgan fingerprint density at radius 1 is 1.15 bits per heavy atom. The van der Waals surface area contributed by atoms with Crippen LogP contribution in [0.5, 0.6) is 0 Å². The Morgan fingerprint density at radius 2 is 2.00 bits per heavy atom. The third kappa shape index (κ3) is 3.34. The summed E-state index contributed by atoms with van der Waals surface area (Å²) in [5, 5.41) is 6.04. The normalized spacial score (nSPS) is 11.5. The Kier molecular flexibility index (Phi) is 4.44. The van der Waals surface area contributed by atoms with E-state index in [0.29, 0.717) is 16.3 Å². The van der Waals surface area contributed by atoms with E-state index in [1.165, 1.54) is 6.21 Å². The van der Waals surface area contributed by atoms with E-state index in [-0.39, 0.29) is 5.76 Å². The van der Waals surface area contributed by atoms with Gasteiger partial charge in [-0.05, 0) is 36.4 Å². The summed E-state index contributed by atoms with van der Waals surface area (Å²) in [6.45, 7) is 0. The summed E-state index contributed by atoms with van der Waals surface area (Å²) >= 11 is 9.55. The van der Waals surface area contributed by atoms with Gasteiger partial charge in [-0.3, -0.25) is 4.79 Å². The van der Waals surface area contributed by atoms with Gasteiger partial charge in [0.05, 0.1) is 11.7 Å². The van der Waals surface area contributed by atoms with Crippen molar-refractivity contribution < 1.29 is 9.21 Å². The van der Waals surface area contributed by atoms with E-state index in [1.807, 2.05) is 42.5 Å². The van der Waals surface area contributed by atoms with Crippen LogP contribution in [0.4, 0.5) is 0 Å². The molecule has 0 atom stereocenters. The Hall–Kier alpha value is -2.70. The van der Waals surface area contributed by atoms with Crippen LogP contribution in [0.2, 0.25) is 5.15 Å². The average molecular weight is 429 g/mol. The van der Waals surface area contributed by atoms with Crippen molar-refractivity contribution >= 4 is 61.5 Å². The van der Waals surface area contributed by atoms with E-state index in [1.54, 1.807) is 12.1 Å². The summed E-state index contributed by atoms with van der Waals surface area (Å²) in [6, 6.07) is 16.7. The highest BCUT2D eigenvalue weighted by atomic mass is 79.9. The molecule has 0 aliphatic rings. The third-order valence-electron chi connectivity index (χ3n) is 3.78. The summed E-state index contributed by atoms with van der Waals surface area (Å²) in [4.78, 5) is 16.5. The molecule has 128 valence electrons. The number of nitrogens with zero attached hydrogens (tertiary/aromatic N) is 2. The Morgan fingerprint density at radius 3 is 2.88 bits per heavy atom. The van der Waals surface area contributed by atoms with Crippen LogP contribution in [-0.2, 0) is 0 Å². The van der Waals surface area contributed by atoms with E-state index in [9.17, 15) is 4.79 Å². The first-order valence-corrected chi connectivity index (χ1v) is 8.85. The SMILES string of the molecule is O=C(N/N=C/c1cc2ccccc2nc1Cl)c1cc2cc(Br)ccc2o1. The summed E-state index contributed by atoms with van der Waals surface area (Å²) in [5.74, 6) is -0.267.